The molecule has 6 nitrogen and oxygen atoms in total. The molecule has 156 valence electrons. The monoisotopic (exact) mass is 406 g/mol. The minimum absolute atomic E-state index is 0.0380. The summed E-state index contributed by atoms with van der Waals surface area (Å²) in [5.74, 6) is -0.299. The fourth-order valence-corrected chi connectivity index (χ4v) is 3.46. The molecule has 0 saturated carbocycles. The topological polar surface area (TPSA) is 75.7 Å². The van der Waals surface area contributed by atoms with Crippen LogP contribution in [0.4, 0.5) is 0 Å². The lowest BCUT2D eigenvalue weighted by Gasteiger charge is -2.32. The molecular formula is C24H26N2O4. The second-order valence-corrected chi connectivity index (χ2v) is 7.44. The Morgan fingerprint density at radius 1 is 1.07 bits per heavy atom. The molecule has 0 unspecified atom stereocenters. The van der Waals surface area contributed by atoms with Crippen molar-refractivity contribution in [3.05, 3.63) is 71.3 Å². The predicted octanol–water partition coefficient (Wildman–Crippen LogP) is 3.35. The zero-order valence-electron chi connectivity index (χ0n) is 17.3. The average Bonchev–Trinajstić information content (AvgIpc) is 2.72. The molecule has 0 spiro atoms. The van der Waals surface area contributed by atoms with Crippen LogP contribution in [-0.2, 0) is 9.59 Å². The van der Waals surface area contributed by atoms with Crippen molar-refractivity contribution >= 4 is 23.9 Å². The minimum Gasteiger partial charge on any atom is -0.427 e. The summed E-state index contributed by atoms with van der Waals surface area (Å²) < 4.78 is 5.05. The van der Waals surface area contributed by atoms with Gasteiger partial charge in [0.15, 0.2) is 0 Å². The molecule has 30 heavy (non-hydrogen) atoms. The number of carbonyl (C=O) groups is 3. The van der Waals surface area contributed by atoms with Crippen LogP contribution in [0.1, 0.15) is 41.3 Å². The van der Waals surface area contributed by atoms with Gasteiger partial charge >= 0.3 is 5.97 Å². The van der Waals surface area contributed by atoms with Crippen LogP contribution in [0, 0.1) is 6.92 Å². The van der Waals surface area contributed by atoms with Crippen molar-refractivity contribution in [3.63, 3.8) is 0 Å². The van der Waals surface area contributed by atoms with Gasteiger partial charge in [-0.2, -0.15) is 0 Å². The van der Waals surface area contributed by atoms with E-state index in [-0.39, 0.29) is 17.9 Å². The van der Waals surface area contributed by atoms with Crippen molar-refractivity contribution in [1.29, 1.82) is 0 Å². The molecule has 0 atom stereocenters. The van der Waals surface area contributed by atoms with Crippen molar-refractivity contribution in [2.45, 2.75) is 32.7 Å². The number of piperidine rings is 1. The summed E-state index contributed by atoms with van der Waals surface area (Å²) in [7, 11) is 0. The van der Waals surface area contributed by atoms with Gasteiger partial charge in [-0.3, -0.25) is 14.4 Å². The van der Waals surface area contributed by atoms with E-state index >= 15 is 0 Å². The van der Waals surface area contributed by atoms with Gasteiger partial charge < -0.3 is 15.0 Å². The van der Waals surface area contributed by atoms with Crippen LogP contribution in [0.25, 0.3) is 6.08 Å². The number of nitrogens with zero attached hydrogens (tertiary/aromatic N) is 1. The quantitative estimate of drug-likeness (QED) is 0.469. The molecule has 0 bridgehead atoms. The minimum atomic E-state index is -0.424. The molecule has 0 radical (unpaired) electrons. The van der Waals surface area contributed by atoms with Crippen LogP contribution in [0.2, 0.25) is 0 Å². The summed E-state index contributed by atoms with van der Waals surface area (Å²) in [6, 6.07) is 14.6. The molecular weight excluding hydrogens is 380 g/mol. The summed E-state index contributed by atoms with van der Waals surface area (Å²) in [5, 5.41) is 3.01. The Hall–Kier alpha value is -3.41. The van der Waals surface area contributed by atoms with E-state index in [0.29, 0.717) is 37.2 Å². The largest absolute Gasteiger partial charge is 0.427 e. The summed E-state index contributed by atoms with van der Waals surface area (Å²) in [6.45, 7) is 4.45. The first kappa shape index (κ1) is 21.3. The fraction of sp³-hybridized carbons (Fsp3) is 0.292. The molecule has 3 rings (SSSR count). The van der Waals surface area contributed by atoms with Crippen LogP contribution in [-0.4, -0.2) is 41.8 Å². The maximum absolute atomic E-state index is 12.7. The highest BCUT2D eigenvalue weighted by atomic mass is 16.5. The van der Waals surface area contributed by atoms with Gasteiger partial charge in [-0.25, -0.2) is 0 Å². The second-order valence-electron chi connectivity index (χ2n) is 7.44. The van der Waals surface area contributed by atoms with Crippen LogP contribution < -0.4 is 10.1 Å². The number of carbonyl (C=O) groups excluding carboxylic acids is 3. The summed E-state index contributed by atoms with van der Waals surface area (Å²) in [6.07, 6.45) is 4.74. The molecule has 1 heterocycles. The molecule has 1 N–H and O–H groups in total. The first-order valence-corrected chi connectivity index (χ1v) is 10.0. The molecule has 1 aliphatic rings. The normalized spacial score (nSPS) is 14.5. The Bertz CT molecular complexity index is 959. The summed E-state index contributed by atoms with van der Waals surface area (Å²) >= 11 is 0. The highest BCUT2D eigenvalue weighted by Gasteiger charge is 2.24. The van der Waals surface area contributed by atoms with Gasteiger partial charge in [0.25, 0.3) is 5.91 Å². The third-order valence-corrected chi connectivity index (χ3v) is 4.94. The fourth-order valence-electron chi connectivity index (χ4n) is 3.46. The molecule has 2 aromatic rings. The molecule has 2 aromatic carbocycles. The maximum atomic E-state index is 12.7. The van der Waals surface area contributed by atoms with Gasteiger partial charge in [0.1, 0.15) is 5.75 Å². The van der Waals surface area contributed by atoms with E-state index in [0.717, 1.165) is 11.1 Å². The second kappa shape index (κ2) is 9.87. The molecule has 1 aliphatic heterocycles. The van der Waals surface area contributed by atoms with E-state index in [9.17, 15) is 14.4 Å². The molecule has 1 fully saturated rings. The number of esters is 1. The van der Waals surface area contributed by atoms with E-state index in [1.165, 1.54) is 6.92 Å². The lowest BCUT2D eigenvalue weighted by molar-refractivity contribution is -0.131. The van der Waals surface area contributed by atoms with Crippen molar-refractivity contribution in [3.8, 4) is 5.75 Å². The number of aryl methyl sites for hydroxylation is 1. The number of hydrogen-bond donors (Lipinski definition) is 1. The van der Waals surface area contributed by atoms with Crippen LogP contribution in [0.3, 0.4) is 0 Å². The third kappa shape index (κ3) is 6.04. The number of hydrogen-bond acceptors (Lipinski definition) is 4. The van der Waals surface area contributed by atoms with Crippen LogP contribution in [0.15, 0.2) is 54.6 Å². The standard InChI is InChI=1S/C24H26N2O4/c1-17-5-3-6-19(15-17)9-10-23(28)25-21-11-13-26(14-12-21)24(29)20-7-4-8-22(16-20)30-18(2)27/h3-10,15-16,21H,11-14H2,1-2H3,(H,25,28)/b10-9+. The molecule has 0 aromatic heterocycles. The molecule has 6 heteroatoms. The van der Waals surface area contributed by atoms with E-state index in [1.807, 2.05) is 31.2 Å². The predicted molar refractivity (Wildman–Crippen MR) is 115 cm³/mol. The highest BCUT2D eigenvalue weighted by Crippen LogP contribution is 2.18. The van der Waals surface area contributed by atoms with Gasteiger partial charge in [0, 0.05) is 37.7 Å². The van der Waals surface area contributed by atoms with Crippen molar-refractivity contribution in [2.24, 2.45) is 0 Å². The Kier molecular flexibility index (Phi) is 7.01. The summed E-state index contributed by atoms with van der Waals surface area (Å²) in [5.41, 5.74) is 2.62. The summed E-state index contributed by atoms with van der Waals surface area (Å²) in [4.78, 5) is 37.8. The Morgan fingerprint density at radius 3 is 2.50 bits per heavy atom. The van der Waals surface area contributed by atoms with Gasteiger partial charge in [-0.15, -0.1) is 0 Å². The SMILES string of the molecule is CC(=O)Oc1cccc(C(=O)N2CCC(NC(=O)/C=C/c3cccc(C)c3)CC2)c1. The third-order valence-electron chi connectivity index (χ3n) is 4.94. The lowest BCUT2D eigenvalue weighted by atomic mass is 10.0. The first-order valence-electron chi connectivity index (χ1n) is 10.0. The number of amides is 2. The van der Waals surface area contributed by atoms with Crippen molar-refractivity contribution < 1.29 is 19.1 Å². The van der Waals surface area contributed by atoms with Crippen LogP contribution in [0.5, 0.6) is 5.75 Å². The van der Waals surface area contributed by atoms with E-state index in [4.69, 9.17) is 4.74 Å². The van der Waals surface area contributed by atoms with Crippen molar-refractivity contribution in [1.82, 2.24) is 10.2 Å². The number of nitrogens with one attached hydrogen (secondary N) is 1. The average molecular weight is 406 g/mol. The highest BCUT2D eigenvalue weighted by molar-refractivity contribution is 5.95. The van der Waals surface area contributed by atoms with Gasteiger partial charge in [0.05, 0.1) is 0 Å². The zero-order chi connectivity index (χ0) is 21.5. The number of ether oxygens (including phenoxy) is 1. The maximum Gasteiger partial charge on any atom is 0.308 e. The first-order chi connectivity index (χ1) is 14.4. The number of rotatable bonds is 5. The number of benzene rings is 2. The van der Waals surface area contributed by atoms with E-state index < -0.39 is 5.97 Å². The van der Waals surface area contributed by atoms with E-state index in [1.54, 1.807) is 41.3 Å². The smallest absolute Gasteiger partial charge is 0.308 e. The number of likely N-dealkylation sites (tertiary alicyclic amines) is 1. The Labute approximate surface area is 176 Å². The lowest BCUT2D eigenvalue weighted by Crippen LogP contribution is -2.46. The Morgan fingerprint density at radius 2 is 1.80 bits per heavy atom. The van der Waals surface area contributed by atoms with Crippen LogP contribution >= 0.6 is 0 Å². The van der Waals surface area contributed by atoms with Gasteiger partial charge in [0.2, 0.25) is 5.91 Å². The van der Waals surface area contributed by atoms with Gasteiger partial charge in [-0.05, 0) is 49.6 Å². The van der Waals surface area contributed by atoms with Crippen molar-refractivity contribution in [2.75, 3.05) is 13.1 Å². The zero-order valence-corrected chi connectivity index (χ0v) is 17.3. The van der Waals surface area contributed by atoms with Gasteiger partial charge in [-0.1, -0.05) is 35.9 Å². The molecule has 1 saturated heterocycles. The molecule has 2 amide bonds. The Balaban J connectivity index is 1.50. The van der Waals surface area contributed by atoms with E-state index in [2.05, 4.69) is 5.32 Å². The molecule has 0 aliphatic carbocycles.